The Balaban J connectivity index is 0.000000443. The monoisotopic (exact) mass is 292 g/mol. The maximum Gasteiger partial charge on any atom is 0.408 e. The fraction of sp³-hybridized carbons (Fsp3) is 0.750. The largest absolute Gasteiger partial charge is 0.444 e. The number of ether oxygens (including phenoxy) is 1. The predicted octanol–water partition coefficient (Wildman–Crippen LogP) is 1.22. The third-order valence-corrected chi connectivity index (χ3v) is 2.18. The van der Waals surface area contributed by atoms with E-state index in [4.69, 9.17) is 16.3 Å². The van der Waals surface area contributed by atoms with E-state index >= 15 is 0 Å². The molecule has 6 nitrogen and oxygen atoms in total. The van der Waals surface area contributed by atoms with Gasteiger partial charge in [-0.1, -0.05) is 0 Å². The number of rotatable bonds is 3. The van der Waals surface area contributed by atoms with Gasteiger partial charge in [0.05, 0.1) is 12.4 Å². The van der Waals surface area contributed by atoms with E-state index < -0.39 is 11.7 Å². The van der Waals surface area contributed by atoms with Gasteiger partial charge in [0.2, 0.25) is 5.91 Å². The van der Waals surface area contributed by atoms with Gasteiger partial charge in [0, 0.05) is 13.0 Å². The van der Waals surface area contributed by atoms with Crippen molar-refractivity contribution < 1.29 is 19.1 Å². The molecular weight excluding hydrogens is 272 g/mol. The molecule has 0 aromatic rings. The molecule has 0 atom stereocenters. The lowest BCUT2D eigenvalue weighted by Gasteiger charge is -2.19. The number of alkyl carbamates (subject to hydrolysis) is 1. The van der Waals surface area contributed by atoms with Crippen LogP contribution in [0.1, 0.15) is 33.6 Å². The normalized spacial score (nSPS) is 14.0. The molecule has 0 aliphatic carbocycles. The van der Waals surface area contributed by atoms with Gasteiger partial charge >= 0.3 is 6.09 Å². The van der Waals surface area contributed by atoms with E-state index in [1.165, 1.54) is 0 Å². The van der Waals surface area contributed by atoms with E-state index in [0.29, 0.717) is 0 Å². The molecule has 1 aliphatic rings. The van der Waals surface area contributed by atoms with Crippen LogP contribution < -0.4 is 10.6 Å². The third-order valence-electron chi connectivity index (χ3n) is 1.88. The first-order valence-corrected chi connectivity index (χ1v) is 6.59. The fourth-order valence-electron chi connectivity index (χ4n) is 1.10. The van der Waals surface area contributed by atoms with Gasteiger partial charge in [-0.3, -0.25) is 9.59 Å². The molecule has 1 saturated heterocycles. The maximum absolute atomic E-state index is 11.0. The van der Waals surface area contributed by atoms with Crippen LogP contribution in [0.3, 0.4) is 0 Å². The molecular formula is C12H21ClN2O4. The van der Waals surface area contributed by atoms with Crippen LogP contribution in [0.25, 0.3) is 0 Å². The summed E-state index contributed by atoms with van der Waals surface area (Å²) in [6.45, 7) is 6.04. The lowest BCUT2D eigenvalue weighted by molar-refractivity contribution is -0.119. The Morgan fingerprint density at radius 2 is 2.05 bits per heavy atom. The number of alkyl halides is 1. The summed E-state index contributed by atoms with van der Waals surface area (Å²) in [5.41, 5.74) is -0.548. The lowest BCUT2D eigenvalue weighted by atomic mass is 10.2. The number of hydrogen-bond donors (Lipinski definition) is 2. The van der Waals surface area contributed by atoms with Crippen LogP contribution in [0.15, 0.2) is 0 Å². The van der Waals surface area contributed by atoms with Crippen molar-refractivity contribution in [3.05, 3.63) is 0 Å². The molecule has 7 heteroatoms. The molecule has 1 fully saturated rings. The van der Waals surface area contributed by atoms with Crippen molar-refractivity contribution >= 4 is 29.4 Å². The van der Waals surface area contributed by atoms with Crippen molar-refractivity contribution in [3.8, 4) is 0 Å². The first-order valence-electron chi connectivity index (χ1n) is 6.06. The molecule has 110 valence electrons. The Morgan fingerprint density at radius 1 is 1.42 bits per heavy atom. The van der Waals surface area contributed by atoms with Crippen LogP contribution >= 0.6 is 11.6 Å². The quantitative estimate of drug-likeness (QED) is 0.766. The van der Waals surface area contributed by atoms with Crippen molar-refractivity contribution in [1.82, 2.24) is 10.6 Å². The summed E-state index contributed by atoms with van der Waals surface area (Å²) >= 11 is 5.23. The minimum Gasteiger partial charge on any atom is -0.444 e. The van der Waals surface area contributed by atoms with E-state index in [9.17, 15) is 14.4 Å². The molecule has 0 bridgehead atoms. The number of nitrogens with one attached hydrogen (secondary N) is 2. The first-order chi connectivity index (χ1) is 8.74. The highest BCUT2D eigenvalue weighted by atomic mass is 35.5. The number of hydrogen-bond acceptors (Lipinski definition) is 4. The van der Waals surface area contributed by atoms with E-state index in [1.54, 1.807) is 20.8 Å². The van der Waals surface area contributed by atoms with Crippen LogP contribution in [0.4, 0.5) is 4.79 Å². The Hall–Kier alpha value is -1.30. The van der Waals surface area contributed by atoms with Crippen LogP contribution in [-0.4, -0.2) is 42.4 Å². The fourth-order valence-corrected chi connectivity index (χ4v) is 1.19. The predicted molar refractivity (Wildman–Crippen MR) is 72.2 cm³/mol. The van der Waals surface area contributed by atoms with Crippen LogP contribution in [0, 0.1) is 0 Å². The van der Waals surface area contributed by atoms with Gasteiger partial charge in [0.25, 0.3) is 0 Å². The molecule has 1 heterocycles. The summed E-state index contributed by atoms with van der Waals surface area (Å²) in [5, 5.41) is 4.98. The molecule has 2 N–H and O–H groups in total. The molecule has 0 saturated carbocycles. The summed E-state index contributed by atoms with van der Waals surface area (Å²) < 4.78 is 4.89. The van der Waals surface area contributed by atoms with Gasteiger partial charge in [-0.05, 0) is 27.2 Å². The van der Waals surface area contributed by atoms with Crippen LogP contribution in [-0.2, 0) is 14.3 Å². The van der Waals surface area contributed by atoms with Crippen LogP contribution in [0.5, 0.6) is 0 Å². The second-order valence-electron chi connectivity index (χ2n) is 4.98. The lowest BCUT2D eigenvalue weighted by Crippen LogP contribution is -2.35. The first kappa shape index (κ1) is 17.7. The van der Waals surface area contributed by atoms with Gasteiger partial charge in [0.1, 0.15) is 5.60 Å². The van der Waals surface area contributed by atoms with Crippen molar-refractivity contribution in [2.75, 3.05) is 19.0 Å². The minimum atomic E-state index is -0.606. The third kappa shape index (κ3) is 11.5. The Labute approximate surface area is 118 Å². The average Bonchev–Trinajstić information content (AvgIpc) is 2.75. The maximum atomic E-state index is 11.0. The number of halogens is 1. The number of ketones is 1. The molecule has 2 amide bonds. The molecule has 0 unspecified atom stereocenters. The minimum absolute atomic E-state index is 0.0849. The Morgan fingerprint density at radius 3 is 2.37 bits per heavy atom. The Bertz CT molecular complexity index is 318. The van der Waals surface area contributed by atoms with Crippen molar-refractivity contribution in [2.24, 2.45) is 0 Å². The molecule has 0 aromatic heterocycles. The number of Topliss-reactive ketones (excluding diaryl/α,β-unsaturated/α-hetero) is 1. The van der Waals surface area contributed by atoms with Crippen LogP contribution in [0.2, 0.25) is 0 Å². The zero-order valence-electron chi connectivity index (χ0n) is 11.5. The molecule has 0 radical (unpaired) electrons. The van der Waals surface area contributed by atoms with Gasteiger partial charge in [-0.25, -0.2) is 4.79 Å². The number of carbonyl (C=O) groups is 3. The summed E-state index contributed by atoms with van der Waals surface area (Å²) in [7, 11) is 0. The second kappa shape index (κ2) is 8.74. The van der Waals surface area contributed by atoms with E-state index in [-0.39, 0.29) is 24.1 Å². The zero-order valence-corrected chi connectivity index (χ0v) is 12.3. The molecule has 1 rings (SSSR count). The van der Waals surface area contributed by atoms with E-state index in [0.717, 1.165) is 19.4 Å². The van der Waals surface area contributed by atoms with Gasteiger partial charge in [-0.15, -0.1) is 11.6 Å². The van der Waals surface area contributed by atoms with Crippen molar-refractivity contribution in [1.29, 1.82) is 0 Å². The highest BCUT2D eigenvalue weighted by Gasteiger charge is 2.16. The number of carbonyl (C=O) groups excluding carboxylic acids is 3. The van der Waals surface area contributed by atoms with Gasteiger partial charge in [0.15, 0.2) is 5.78 Å². The number of amides is 2. The zero-order chi connectivity index (χ0) is 14.9. The smallest absolute Gasteiger partial charge is 0.408 e. The summed E-state index contributed by atoms with van der Waals surface area (Å²) in [6, 6.07) is 0. The topological polar surface area (TPSA) is 84.5 Å². The molecule has 0 aromatic carbocycles. The Kier molecular flexibility index (Phi) is 8.14. The summed E-state index contributed by atoms with van der Waals surface area (Å²) in [5.74, 6) is -0.141. The summed E-state index contributed by atoms with van der Waals surface area (Å²) in [6.07, 6.45) is 1.16. The van der Waals surface area contributed by atoms with E-state index in [1.807, 2.05) is 0 Å². The standard InChI is InChI=1S/C8H14ClNO3.C4H7NO/c1-8(2,3)13-7(12)10-5-6(11)4-9;6-4-2-1-3-5-4/h4-5H2,1-3H3,(H,10,12);1-3H2,(H,5,6). The van der Waals surface area contributed by atoms with Gasteiger partial charge < -0.3 is 15.4 Å². The molecule has 19 heavy (non-hydrogen) atoms. The second-order valence-corrected chi connectivity index (χ2v) is 5.25. The summed E-state index contributed by atoms with van der Waals surface area (Å²) in [4.78, 5) is 31.8. The van der Waals surface area contributed by atoms with Crippen molar-refractivity contribution in [3.63, 3.8) is 0 Å². The molecule has 1 aliphatic heterocycles. The van der Waals surface area contributed by atoms with Crippen molar-refractivity contribution in [2.45, 2.75) is 39.2 Å². The highest BCUT2D eigenvalue weighted by molar-refractivity contribution is 6.28. The highest BCUT2D eigenvalue weighted by Crippen LogP contribution is 2.06. The average molecular weight is 293 g/mol. The van der Waals surface area contributed by atoms with E-state index in [2.05, 4.69) is 10.6 Å². The SMILES string of the molecule is CC(C)(C)OC(=O)NCC(=O)CCl.O=C1CCCN1. The molecule has 0 spiro atoms. The van der Waals surface area contributed by atoms with Gasteiger partial charge in [-0.2, -0.15) is 0 Å².